The maximum absolute atomic E-state index is 9.45. The van der Waals surface area contributed by atoms with E-state index in [1.165, 1.54) is 0 Å². The summed E-state index contributed by atoms with van der Waals surface area (Å²) in [6.07, 6.45) is 1.74. The smallest absolute Gasteiger partial charge is 0.115 e. The van der Waals surface area contributed by atoms with Crippen molar-refractivity contribution >= 4 is 15.9 Å². The zero-order valence-corrected chi connectivity index (χ0v) is 11.9. The van der Waals surface area contributed by atoms with Crippen LogP contribution in [0, 0.1) is 0 Å². The average Bonchev–Trinajstić information content (AvgIpc) is 2.35. The van der Waals surface area contributed by atoms with Crippen molar-refractivity contribution in [3.8, 4) is 5.75 Å². The van der Waals surface area contributed by atoms with E-state index in [1.54, 1.807) is 12.1 Å². The first-order chi connectivity index (χ1) is 8.06. The van der Waals surface area contributed by atoms with Crippen LogP contribution < -0.4 is 5.32 Å². The van der Waals surface area contributed by atoms with Gasteiger partial charge in [-0.25, -0.2) is 0 Å². The zero-order chi connectivity index (χ0) is 12.9. The Hall–Kier alpha value is -0.580. The van der Waals surface area contributed by atoms with Crippen LogP contribution in [0.3, 0.4) is 0 Å². The van der Waals surface area contributed by atoms with Gasteiger partial charge in [0.1, 0.15) is 5.75 Å². The van der Waals surface area contributed by atoms with Gasteiger partial charge in [-0.3, -0.25) is 0 Å². The van der Waals surface area contributed by atoms with Gasteiger partial charge in [0.25, 0.3) is 0 Å². The summed E-state index contributed by atoms with van der Waals surface area (Å²) in [5.74, 6) is 0.257. The highest BCUT2D eigenvalue weighted by Crippen LogP contribution is 2.23. The van der Waals surface area contributed by atoms with Crippen LogP contribution in [0.1, 0.15) is 32.3 Å². The Morgan fingerprint density at radius 1 is 1.29 bits per heavy atom. The first-order valence-electron chi connectivity index (χ1n) is 5.90. The Morgan fingerprint density at radius 3 is 2.47 bits per heavy atom. The summed E-state index contributed by atoms with van der Waals surface area (Å²) >= 11 is 3.45. The Bertz CT molecular complexity index is 356. The van der Waals surface area contributed by atoms with Gasteiger partial charge in [0.15, 0.2) is 0 Å². The molecule has 4 heteroatoms. The number of aliphatic hydroxyl groups is 1. The standard InChI is InChI=1S/C13H20BrNO2/c1-3-13(4-2,9-16)15-8-10-7-11(17)5-6-12(10)14/h5-7,15-17H,3-4,8-9H2,1-2H3. The molecule has 0 aromatic heterocycles. The van der Waals surface area contributed by atoms with Crippen LogP contribution in [0.4, 0.5) is 0 Å². The summed E-state index contributed by atoms with van der Waals surface area (Å²) in [5, 5.41) is 22.3. The molecule has 0 fully saturated rings. The summed E-state index contributed by atoms with van der Waals surface area (Å²) in [4.78, 5) is 0. The molecule has 1 rings (SSSR count). The van der Waals surface area contributed by atoms with E-state index in [1.807, 2.05) is 6.07 Å². The summed E-state index contributed by atoms with van der Waals surface area (Å²) in [7, 11) is 0. The van der Waals surface area contributed by atoms with Gasteiger partial charge in [0, 0.05) is 16.6 Å². The Labute approximate surface area is 111 Å². The second-order valence-electron chi connectivity index (χ2n) is 4.27. The van der Waals surface area contributed by atoms with Crippen LogP contribution in [-0.2, 0) is 6.54 Å². The van der Waals surface area contributed by atoms with Gasteiger partial charge >= 0.3 is 0 Å². The lowest BCUT2D eigenvalue weighted by molar-refractivity contribution is 0.149. The average molecular weight is 302 g/mol. The third-order valence-corrected chi connectivity index (χ3v) is 4.11. The molecule has 0 spiro atoms. The minimum Gasteiger partial charge on any atom is -0.508 e. The summed E-state index contributed by atoms with van der Waals surface area (Å²) in [6, 6.07) is 5.20. The van der Waals surface area contributed by atoms with Crippen LogP contribution in [0.25, 0.3) is 0 Å². The summed E-state index contributed by atoms with van der Waals surface area (Å²) in [5.41, 5.74) is 0.759. The van der Waals surface area contributed by atoms with E-state index < -0.39 is 0 Å². The monoisotopic (exact) mass is 301 g/mol. The highest BCUT2D eigenvalue weighted by Gasteiger charge is 2.24. The molecule has 0 aliphatic heterocycles. The number of rotatable bonds is 6. The topological polar surface area (TPSA) is 52.5 Å². The fraction of sp³-hybridized carbons (Fsp3) is 0.538. The second kappa shape index (κ2) is 6.38. The highest BCUT2D eigenvalue weighted by atomic mass is 79.9. The first-order valence-corrected chi connectivity index (χ1v) is 6.69. The molecule has 3 N–H and O–H groups in total. The SMILES string of the molecule is CCC(CC)(CO)NCc1cc(O)ccc1Br. The summed E-state index contributed by atoms with van der Waals surface area (Å²) < 4.78 is 0.960. The lowest BCUT2D eigenvalue weighted by Crippen LogP contribution is -2.47. The van der Waals surface area contributed by atoms with Crippen molar-refractivity contribution in [2.75, 3.05) is 6.61 Å². The van der Waals surface area contributed by atoms with Crippen LogP contribution >= 0.6 is 15.9 Å². The maximum atomic E-state index is 9.45. The van der Waals surface area contributed by atoms with Crippen molar-refractivity contribution in [2.24, 2.45) is 0 Å². The molecule has 0 aliphatic carbocycles. The normalized spacial score (nSPS) is 11.8. The minimum atomic E-state index is -0.231. The lowest BCUT2D eigenvalue weighted by Gasteiger charge is -2.31. The van der Waals surface area contributed by atoms with E-state index in [9.17, 15) is 10.2 Å². The highest BCUT2D eigenvalue weighted by molar-refractivity contribution is 9.10. The number of halogens is 1. The third kappa shape index (κ3) is 3.69. The molecular weight excluding hydrogens is 282 g/mol. The van der Waals surface area contributed by atoms with E-state index in [0.29, 0.717) is 6.54 Å². The van der Waals surface area contributed by atoms with Crippen molar-refractivity contribution in [1.82, 2.24) is 5.32 Å². The van der Waals surface area contributed by atoms with Gasteiger partial charge in [-0.15, -0.1) is 0 Å². The molecule has 0 heterocycles. The molecule has 0 unspecified atom stereocenters. The van der Waals surface area contributed by atoms with Crippen molar-refractivity contribution in [1.29, 1.82) is 0 Å². The third-order valence-electron chi connectivity index (χ3n) is 3.34. The maximum Gasteiger partial charge on any atom is 0.115 e. The van der Waals surface area contributed by atoms with Crippen molar-refractivity contribution in [3.05, 3.63) is 28.2 Å². The fourth-order valence-electron chi connectivity index (χ4n) is 1.76. The van der Waals surface area contributed by atoms with Gasteiger partial charge in [-0.2, -0.15) is 0 Å². The van der Waals surface area contributed by atoms with Crippen molar-refractivity contribution < 1.29 is 10.2 Å². The van der Waals surface area contributed by atoms with E-state index in [-0.39, 0.29) is 17.9 Å². The quantitative estimate of drug-likeness (QED) is 0.757. The zero-order valence-electron chi connectivity index (χ0n) is 10.3. The minimum absolute atomic E-state index is 0.121. The molecule has 3 nitrogen and oxygen atoms in total. The second-order valence-corrected chi connectivity index (χ2v) is 5.13. The van der Waals surface area contributed by atoms with Crippen molar-refractivity contribution in [3.63, 3.8) is 0 Å². The predicted octanol–water partition coefficient (Wildman–Crippen LogP) is 2.80. The van der Waals surface area contributed by atoms with Crippen LogP contribution in [-0.4, -0.2) is 22.4 Å². The van der Waals surface area contributed by atoms with E-state index >= 15 is 0 Å². The van der Waals surface area contributed by atoms with E-state index in [0.717, 1.165) is 22.9 Å². The number of aliphatic hydroxyl groups excluding tert-OH is 1. The van der Waals surface area contributed by atoms with E-state index in [2.05, 4.69) is 35.1 Å². The van der Waals surface area contributed by atoms with Gasteiger partial charge in [-0.05, 0) is 36.6 Å². The number of phenols is 1. The number of hydrogen-bond acceptors (Lipinski definition) is 3. The fourth-order valence-corrected chi connectivity index (χ4v) is 2.15. The van der Waals surface area contributed by atoms with Crippen molar-refractivity contribution in [2.45, 2.75) is 38.8 Å². The first kappa shape index (κ1) is 14.5. The molecule has 1 aromatic rings. The van der Waals surface area contributed by atoms with Gasteiger partial charge in [0.05, 0.1) is 6.61 Å². The molecule has 0 bridgehead atoms. The molecule has 0 atom stereocenters. The number of nitrogens with one attached hydrogen (secondary N) is 1. The Balaban J connectivity index is 2.75. The molecule has 0 saturated carbocycles. The lowest BCUT2D eigenvalue weighted by atomic mass is 9.93. The van der Waals surface area contributed by atoms with Gasteiger partial charge in [-0.1, -0.05) is 29.8 Å². The molecule has 17 heavy (non-hydrogen) atoms. The number of benzene rings is 1. The van der Waals surface area contributed by atoms with Gasteiger partial charge < -0.3 is 15.5 Å². The van der Waals surface area contributed by atoms with Crippen LogP contribution in [0.2, 0.25) is 0 Å². The molecule has 0 aliphatic rings. The number of phenolic OH excluding ortho intramolecular Hbond substituents is 1. The molecule has 0 saturated heterocycles. The molecule has 0 amide bonds. The molecular formula is C13H20BrNO2. The number of hydrogen-bond donors (Lipinski definition) is 3. The number of aromatic hydroxyl groups is 1. The molecule has 96 valence electrons. The largest absolute Gasteiger partial charge is 0.508 e. The Morgan fingerprint density at radius 2 is 1.94 bits per heavy atom. The predicted molar refractivity (Wildman–Crippen MR) is 73.0 cm³/mol. The van der Waals surface area contributed by atoms with Crippen LogP contribution in [0.5, 0.6) is 5.75 Å². The van der Waals surface area contributed by atoms with Gasteiger partial charge in [0.2, 0.25) is 0 Å². The van der Waals surface area contributed by atoms with E-state index in [4.69, 9.17) is 0 Å². The van der Waals surface area contributed by atoms with Crippen LogP contribution in [0.15, 0.2) is 22.7 Å². The summed E-state index contributed by atoms with van der Waals surface area (Å²) in [6.45, 7) is 4.86. The molecule has 1 aromatic carbocycles. The Kier molecular flexibility index (Phi) is 5.43. The molecule has 0 radical (unpaired) electrons.